The van der Waals surface area contributed by atoms with Crippen LogP contribution in [0, 0.1) is 141 Å². The summed E-state index contributed by atoms with van der Waals surface area (Å²) in [5, 5.41) is 0. The minimum Gasteiger partial charge on any atom is -0.469 e. The number of ether oxygens (including phenoxy) is 8. The molecular weight excluding hydrogens is 1020 g/mol. The maximum Gasteiger partial charge on any atom is 0.338 e. The second kappa shape index (κ2) is 13.7. The molecule has 8 heterocycles. The van der Waals surface area contributed by atoms with Gasteiger partial charge in [-0.05, 0) is 96.3 Å². The van der Waals surface area contributed by atoms with Crippen molar-refractivity contribution in [2.75, 3.05) is 52.5 Å². The topological polar surface area (TPSA) is 277 Å². The molecule has 2 aromatic heterocycles. The van der Waals surface area contributed by atoms with Crippen molar-refractivity contribution in [1.29, 1.82) is 0 Å². The third-order valence-electron chi connectivity index (χ3n) is 25.1. The average Bonchev–Trinajstić information content (AvgIpc) is 1.41. The van der Waals surface area contributed by atoms with E-state index < -0.39 is 223 Å². The Labute approximate surface area is 443 Å². The van der Waals surface area contributed by atoms with Crippen LogP contribution in [0.4, 0.5) is 11.4 Å². The fourth-order valence-electron chi connectivity index (χ4n) is 25.2. The summed E-state index contributed by atoms with van der Waals surface area (Å²) >= 11 is 0. The number of esters is 6. The summed E-state index contributed by atoms with van der Waals surface area (Å²) in [6.07, 6.45) is 6.48. The van der Waals surface area contributed by atoms with Crippen molar-refractivity contribution in [1.82, 2.24) is 9.97 Å². The second-order valence-corrected chi connectivity index (χ2v) is 25.2. The molecule has 16 bridgehead atoms. The summed E-state index contributed by atoms with van der Waals surface area (Å²) in [4.78, 5) is 164. The zero-order valence-corrected chi connectivity index (χ0v) is 42.9. The van der Waals surface area contributed by atoms with E-state index in [0.717, 1.165) is 9.80 Å². The lowest BCUT2D eigenvalue weighted by Gasteiger charge is -2.63. The van der Waals surface area contributed by atoms with Crippen molar-refractivity contribution < 1.29 is 85.8 Å². The number of hydrogen-bond donors (Lipinski definition) is 0. The molecule has 6 saturated heterocycles. The van der Waals surface area contributed by atoms with Gasteiger partial charge in [-0.3, -0.25) is 38.7 Å². The number of fused-ring (bicyclic) bond motifs is 30. The molecular formula is C56H52N4O18. The summed E-state index contributed by atoms with van der Waals surface area (Å²) in [5.74, 6) is -26.5. The first kappa shape index (κ1) is 46.3. The standard InChI is InChI=1S/C56H52N4O18/c1-71-45(65)51-33-27-28-34(51)38-40(56(50(70)76-6)32-22-16-20(30(32)54(38,78-56)48(68)74-4)24-26(22)44(64)60(42(24)62)18-9-13-58-14-10-18)36(28)52(51,46(66)72-2)35(27)39-37(33)53(47(67)73-3)29-19-15-21(31(29)55(39,77-53)49(69)75-5)25-23(19)41(61)59(43(25)63)17-7-11-57-12-8-17/h7-14,19-40H,15-16H2,1-6H3. The number of pyridine rings is 2. The van der Waals surface area contributed by atoms with E-state index in [-0.39, 0.29) is 12.8 Å². The van der Waals surface area contributed by atoms with Gasteiger partial charge in [-0.25, -0.2) is 29.0 Å². The van der Waals surface area contributed by atoms with Gasteiger partial charge in [0.25, 0.3) is 0 Å². The number of nitrogens with zero attached hydrogens (tertiary/aromatic N) is 4. The molecule has 10 aliphatic carbocycles. The van der Waals surface area contributed by atoms with E-state index in [0.29, 0.717) is 11.4 Å². The summed E-state index contributed by atoms with van der Waals surface area (Å²) in [6.45, 7) is 0. The quantitative estimate of drug-likeness (QED) is 0.197. The minimum atomic E-state index is -2.04. The molecule has 2 aromatic rings. The molecule has 0 spiro atoms. The van der Waals surface area contributed by atoms with Crippen molar-refractivity contribution >= 4 is 70.8 Å². The summed E-state index contributed by atoms with van der Waals surface area (Å²) < 4.78 is 49.9. The molecule has 0 aromatic carbocycles. The van der Waals surface area contributed by atoms with Crippen LogP contribution in [0.5, 0.6) is 0 Å². The smallest absolute Gasteiger partial charge is 0.338 e. The van der Waals surface area contributed by atoms with E-state index in [9.17, 15) is 19.2 Å². The van der Waals surface area contributed by atoms with Gasteiger partial charge in [-0.15, -0.1) is 0 Å². The van der Waals surface area contributed by atoms with Crippen LogP contribution in [-0.4, -0.2) is 134 Å². The summed E-state index contributed by atoms with van der Waals surface area (Å²) in [5.41, 5.74) is -11.4. The van der Waals surface area contributed by atoms with Gasteiger partial charge in [0.1, 0.15) is 0 Å². The monoisotopic (exact) mass is 1070 g/mol. The Balaban J connectivity index is 0.879. The number of carbonyl (C=O) groups is 10. The Hall–Kier alpha value is -6.68. The van der Waals surface area contributed by atoms with Crippen LogP contribution >= 0.6 is 0 Å². The molecule has 10 saturated carbocycles. The fourth-order valence-corrected chi connectivity index (χ4v) is 25.2. The van der Waals surface area contributed by atoms with E-state index in [4.69, 9.17) is 37.9 Å². The van der Waals surface area contributed by atoms with E-state index >= 15 is 28.8 Å². The van der Waals surface area contributed by atoms with Crippen molar-refractivity contribution in [3.05, 3.63) is 49.1 Å². The number of rotatable bonds is 8. The molecule has 24 atom stereocenters. The molecule has 16 fully saturated rings. The zero-order chi connectivity index (χ0) is 53.9. The van der Waals surface area contributed by atoms with Gasteiger partial charge in [0.2, 0.25) is 23.6 Å². The van der Waals surface area contributed by atoms with Crippen molar-refractivity contribution in [3.63, 3.8) is 0 Å². The highest BCUT2D eigenvalue weighted by Gasteiger charge is 3.10. The molecule has 18 rings (SSSR count). The Morgan fingerprint density at radius 3 is 0.872 bits per heavy atom. The van der Waals surface area contributed by atoms with Crippen molar-refractivity contribution in [2.24, 2.45) is 141 Å². The molecule has 22 nitrogen and oxygen atoms in total. The number of carbonyl (C=O) groups excluding carboxylic acids is 10. The van der Waals surface area contributed by atoms with E-state index in [1.54, 1.807) is 24.3 Å². The lowest BCUT2D eigenvalue weighted by molar-refractivity contribution is -0.230. The first-order valence-corrected chi connectivity index (χ1v) is 27.1. The van der Waals surface area contributed by atoms with Crippen LogP contribution in [0.2, 0.25) is 0 Å². The lowest BCUT2D eigenvalue weighted by atomic mass is 9.35. The molecule has 78 heavy (non-hydrogen) atoms. The highest BCUT2D eigenvalue weighted by Crippen LogP contribution is 3.02. The van der Waals surface area contributed by atoms with E-state index in [1.165, 1.54) is 67.4 Å². The van der Waals surface area contributed by atoms with Crippen LogP contribution in [0.1, 0.15) is 12.8 Å². The van der Waals surface area contributed by atoms with Crippen molar-refractivity contribution in [2.45, 2.75) is 35.2 Å². The first-order chi connectivity index (χ1) is 37.6. The van der Waals surface area contributed by atoms with Gasteiger partial charge >= 0.3 is 35.8 Å². The third kappa shape index (κ3) is 3.84. The molecule has 16 aliphatic rings. The molecule has 0 N–H and O–H groups in total. The van der Waals surface area contributed by atoms with Gasteiger partial charge in [0, 0.05) is 72.1 Å². The Kier molecular flexibility index (Phi) is 8.10. The Morgan fingerprint density at radius 2 is 0.641 bits per heavy atom. The molecule has 0 radical (unpaired) electrons. The maximum atomic E-state index is 16.1. The molecule has 22 heteroatoms. The fraction of sp³-hybridized carbons (Fsp3) is 0.643. The SMILES string of the molecule is COC(=O)C12OC(C(=O)OC)(C3C4CC(C5C(=O)N(c6ccncc6)C(=O)C45)C31)C1C2C2C3C4C5C6C(C4C(C(=O)OC)(C31)C25C(=O)OC)C1(C(=O)OC)OC6(C(=O)OC)C2C3CC(C4C(=O)N(c5ccncc5)C(=O)C34)C21. The number of anilines is 2. The average molecular weight is 1070 g/mol. The summed E-state index contributed by atoms with van der Waals surface area (Å²) in [6, 6.07) is 6.26. The van der Waals surface area contributed by atoms with Crippen molar-refractivity contribution in [3.8, 4) is 0 Å². The van der Waals surface area contributed by atoms with E-state index in [1.807, 2.05) is 0 Å². The molecule has 24 unspecified atom stereocenters. The van der Waals surface area contributed by atoms with Crippen LogP contribution in [0.15, 0.2) is 49.1 Å². The molecule has 404 valence electrons. The predicted molar refractivity (Wildman–Crippen MR) is 250 cm³/mol. The molecule has 4 amide bonds. The van der Waals surface area contributed by atoms with Crippen LogP contribution in [-0.2, 0) is 85.8 Å². The number of hydrogen-bond acceptors (Lipinski definition) is 20. The summed E-state index contributed by atoms with van der Waals surface area (Å²) in [7, 11) is 7.25. The van der Waals surface area contributed by atoms with Gasteiger partial charge in [-0.1, -0.05) is 0 Å². The van der Waals surface area contributed by atoms with Gasteiger partial charge in [0.05, 0.1) is 88.5 Å². The van der Waals surface area contributed by atoms with E-state index in [2.05, 4.69) is 9.97 Å². The highest BCUT2D eigenvalue weighted by atomic mass is 16.6. The second-order valence-electron chi connectivity index (χ2n) is 25.2. The minimum absolute atomic E-state index is 0.284. The molecule has 6 aliphatic heterocycles. The zero-order valence-electron chi connectivity index (χ0n) is 42.9. The van der Waals surface area contributed by atoms with Crippen LogP contribution in [0.3, 0.4) is 0 Å². The van der Waals surface area contributed by atoms with Gasteiger partial charge in [0.15, 0.2) is 22.4 Å². The number of methoxy groups -OCH3 is 6. The Morgan fingerprint density at radius 1 is 0.397 bits per heavy atom. The maximum absolute atomic E-state index is 16.1. The third-order valence-corrected chi connectivity index (χ3v) is 25.1. The number of aromatic nitrogens is 2. The van der Waals surface area contributed by atoms with Gasteiger partial charge < -0.3 is 37.9 Å². The van der Waals surface area contributed by atoms with Gasteiger partial charge in [-0.2, -0.15) is 0 Å². The Bertz CT molecular complexity index is 2960. The van der Waals surface area contributed by atoms with Crippen LogP contribution < -0.4 is 9.80 Å². The largest absolute Gasteiger partial charge is 0.469 e. The first-order valence-electron chi connectivity index (χ1n) is 27.1. The normalized spacial score (nSPS) is 53.2. The number of amides is 4. The highest BCUT2D eigenvalue weighted by molar-refractivity contribution is 6.24. The predicted octanol–water partition coefficient (Wildman–Crippen LogP) is 0.436. The number of imide groups is 2. The van der Waals surface area contributed by atoms with Crippen LogP contribution in [0.25, 0.3) is 0 Å². The lowest BCUT2D eigenvalue weighted by Crippen LogP contribution is -2.75.